The van der Waals surface area contributed by atoms with Crippen LogP contribution in [0.4, 0.5) is 4.39 Å². The van der Waals surface area contributed by atoms with Gasteiger partial charge in [-0.1, -0.05) is 30.3 Å². The quantitative estimate of drug-likeness (QED) is 0.727. The first-order valence-corrected chi connectivity index (χ1v) is 8.49. The minimum atomic E-state index is -0.364. The van der Waals surface area contributed by atoms with E-state index in [-0.39, 0.29) is 29.5 Å². The first-order valence-electron chi connectivity index (χ1n) is 8.49. The summed E-state index contributed by atoms with van der Waals surface area (Å²) in [5.74, 6) is -0.499. The number of benzene rings is 2. The topological polar surface area (TPSA) is 46.2 Å². The van der Waals surface area contributed by atoms with E-state index in [2.05, 4.69) is 5.32 Å². The first-order chi connectivity index (χ1) is 11.9. The van der Waals surface area contributed by atoms with Crippen molar-refractivity contribution >= 4 is 11.7 Å². The molecule has 25 heavy (non-hydrogen) atoms. The van der Waals surface area contributed by atoms with Crippen LogP contribution in [0.2, 0.25) is 0 Å². The second kappa shape index (κ2) is 8.56. The Morgan fingerprint density at radius 2 is 1.60 bits per heavy atom. The highest BCUT2D eigenvalue weighted by Crippen LogP contribution is 2.14. The molecule has 2 rings (SSSR count). The fraction of sp³-hybridized carbons (Fsp3) is 0.333. The average molecular weight is 341 g/mol. The summed E-state index contributed by atoms with van der Waals surface area (Å²) in [6.45, 7) is 3.98. The second-order valence-corrected chi connectivity index (χ2v) is 6.88. The summed E-state index contributed by atoms with van der Waals surface area (Å²) in [7, 11) is 0. The smallest absolute Gasteiger partial charge is 0.220 e. The van der Waals surface area contributed by atoms with Crippen LogP contribution >= 0.6 is 0 Å². The highest BCUT2D eigenvalue weighted by molar-refractivity contribution is 5.96. The van der Waals surface area contributed by atoms with Crippen molar-refractivity contribution < 1.29 is 14.0 Å². The van der Waals surface area contributed by atoms with E-state index < -0.39 is 0 Å². The van der Waals surface area contributed by atoms with Gasteiger partial charge in [-0.2, -0.15) is 0 Å². The van der Waals surface area contributed by atoms with E-state index in [0.717, 1.165) is 6.42 Å². The Kier molecular flexibility index (Phi) is 6.45. The Balaban J connectivity index is 1.76. The van der Waals surface area contributed by atoms with Gasteiger partial charge in [-0.25, -0.2) is 4.39 Å². The molecule has 2 aromatic rings. The largest absolute Gasteiger partial charge is 0.351 e. The zero-order chi connectivity index (χ0) is 18.3. The summed E-state index contributed by atoms with van der Waals surface area (Å²) >= 11 is 0. The van der Waals surface area contributed by atoms with Crippen molar-refractivity contribution in [3.05, 3.63) is 71.5 Å². The van der Waals surface area contributed by atoms with Gasteiger partial charge in [-0.15, -0.1) is 0 Å². The van der Waals surface area contributed by atoms with Crippen LogP contribution in [0, 0.1) is 5.82 Å². The standard InChI is InChI=1S/C21H24FNO2/c1-21(2,15-16-7-4-3-5-8-16)23-20(25)10-6-9-19(24)17-11-13-18(22)14-12-17/h3-5,7-8,11-14H,6,9-10,15H2,1-2H3,(H,23,25). The van der Waals surface area contributed by atoms with E-state index in [4.69, 9.17) is 0 Å². The Labute approximate surface area is 148 Å². The normalized spacial score (nSPS) is 11.2. The fourth-order valence-electron chi connectivity index (χ4n) is 2.78. The molecule has 0 radical (unpaired) electrons. The number of carbonyl (C=O) groups excluding carboxylic acids is 2. The molecule has 0 aromatic heterocycles. The number of amides is 1. The molecule has 0 bridgehead atoms. The maximum Gasteiger partial charge on any atom is 0.220 e. The van der Waals surface area contributed by atoms with Crippen molar-refractivity contribution in [1.29, 1.82) is 0 Å². The number of rotatable bonds is 8. The third-order valence-corrected chi connectivity index (χ3v) is 3.94. The molecule has 3 nitrogen and oxygen atoms in total. The number of ketones is 1. The highest BCUT2D eigenvalue weighted by Gasteiger charge is 2.20. The van der Waals surface area contributed by atoms with E-state index >= 15 is 0 Å². The van der Waals surface area contributed by atoms with Crippen molar-refractivity contribution in [3.63, 3.8) is 0 Å². The van der Waals surface area contributed by atoms with Gasteiger partial charge in [0.05, 0.1) is 0 Å². The van der Waals surface area contributed by atoms with E-state index in [0.29, 0.717) is 18.4 Å². The lowest BCUT2D eigenvalue weighted by molar-refractivity contribution is -0.122. The van der Waals surface area contributed by atoms with Gasteiger partial charge >= 0.3 is 0 Å². The zero-order valence-electron chi connectivity index (χ0n) is 14.7. The SMILES string of the molecule is CC(C)(Cc1ccccc1)NC(=O)CCCC(=O)c1ccc(F)cc1. The van der Waals surface area contributed by atoms with Gasteiger partial charge in [0.25, 0.3) is 0 Å². The van der Waals surface area contributed by atoms with Crippen LogP contribution in [0.3, 0.4) is 0 Å². The summed E-state index contributed by atoms with van der Waals surface area (Å²) in [5.41, 5.74) is 1.30. The third-order valence-electron chi connectivity index (χ3n) is 3.94. The number of halogens is 1. The summed E-state index contributed by atoms with van der Waals surface area (Å²) in [5, 5.41) is 3.03. The predicted octanol–water partition coefficient (Wildman–Crippen LogP) is 4.32. The Hall–Kier alpha value is -2.49. The lowest BCUT2D eigenvalue weighted by atomic mass is 9.94. The number of nitrogens with one attached hydrogen (secondary N) is 1. The molecule has 1 amide bonds. The van der Waals surface area contributed by atoms with Gasteiger partial charge in [-0.3, -0.25) is 9.59 Å². The number of Topliss-reactive ketones (excluding diaryl/α,β-unsaturated/α-hetero) is 1. The van der Waals surface area contributed by atoms with Gasteiger partial charge in [0.1, 0.15) is 5.82 Å². The minimum absolute atomic E-state index is 0.0622. The summed E-state index contributed by atoms with van der Waals surface area (Å²) in [4.78, 5) is 24.1. The first kappa shape index (κ1) is 18.8. The Morgan fingerprint density at radius 1 is 0.960 bits per heavy atom. The molecule has 4 heteroatoms. The highest BCUT2D eigenvalue weighted by atomic mass is 19.1. The Bertz CT molecular complexity index is 708. The van der Waals surface area contributed by atoms with Crippen LogP contribution in [-0.2, 0) is 11.2 Å². The van der Waals surface area contributed by atoms with Crippen LogP contribution in [0.5, 0.6) is 0 Å². The number of carbonyl (C=O) groups is 2. The minimum Gasteiger partial charge on any atom is -0.351 e. The van der Waals surface area contributed by atoms with Gasteiger partial charge in [0, 0.05) is 23.9 Å². The predicted molar refractivity (Wildman–Crippen MR) is 96.9 cm³/mol. The summed E-state index contributed by atoms with van der Waals surface area (Å²) in [6, 6.07) is 15.5. The molecule has 1 N–H and O–H groups in total. The van der Waals surface area contributed by atoms with Crippen molar-refractivity contribution in [2.24, 2.45) is 0 Å². The number of hydrogen-bond donors (Lipinski definition) is 1. The van der Waals surface area contributed by atoms with Crippen LogP contribution in [0.25, 0.3) is 0 Å². The lowest BCUT2D eigenvalue weighted by Gasteiger charge is -2.26. The molecule has 2 aromatic carbocycles. The zero-order valence-corrected chi connectivity index (χ0v) is 14.7. The Morgan fingerprint density at radius 3 is 2.24 bits per heavy atom. The molecule has 132 valence electrons. The van der Waals surface area contributed by atoms with Gasteiger partial charge in [0.15, 0.2) is 5.78 Å². The monoisotopic (exact) mass is 341 g/mol. The molecule has 0 aliphatic heterocycles. The molecule has 0 fully saturated rings. The number of hydrogen-bond acceptors (Lipinski definition) is 2. The van der Waals surface area contributed by atoms with Crippen molar-refractivity contribution in [3.8, 4) is 0 Å². The molecule has 0 aliphatic carbocycles. The summed E-state index contributed by atoms with van der Waals surface area (Å²) < 4.78 is 12.9. The van der Waals surface area contributed by atoms with E-state index in [9.17, 15) is 14.0 Å². The molecule has 0 spiro atoms. The average Bonchev–Trinajstić information content (AvgIpc) is 2.55. The van der Waals surface area contributed by atoms with Gasteiger partial charge in [-0.05, 0) is 56.5 Å². The van der Waals surface area contributed by atoms with E-state index in [1.807, 2.05) is 44.2 Å². The van der Waals surface area contributed by atoms with Crippen LogP contribution in [-0.4, -0.2) is 17.2 Å². The maximum atomic E-state index is 12.9. The molecule has 0 atom stereocenters. The van der Waals surface area contributed by atoms with E-state index in [1.54, 1.807) is 0 Å². The molecular weight excluding hydrogens is 317 g/mol. The second-order valence-electron chi connectivity index (χ2n) is 6.88. The lowest BCUT2D eigenvalue weighted by Crippen LogP contribution is -2.45. The van der Waals surface area contributed by atoms with Crippen molar-refractivity contribution in [2.75, 3.05) is 0 Å². The molecule has 0 saturated heterocycles. The van der Waals surface area contributed by atoms with Crippen molar-refractivity contribution in [2.45, 2.75) is 45.1 Å². The van der Waals surface area contributed by atoms with Crippen molar-refractivity contribution in [1.82, 2.24) is 5.32 Å². The molecule has 0 saturated carbocycles. The molecule has 0 aliphatic rings. The molecule has 0 unspecified atom stereocenters. The van der Waals surface area contributed by atoms with Crippen LogP contribution in [0.15, 0.2) is 54.6 Å². The van der Waals surface area contributed by atoms with Gasteiger partial charge < -0.3 is 5.32 Å². The van der Waals surface area contributed by atoms with E-state index in [1.165, 1.54) is 29.8 Å². The summed E-state index contributed by atoms with van der Waals surface area (Å²) in [6.07, 6.45) is 1.79. The molecule has 0 heterocycles. The fourth-order valence-corrected chi connectivity index (χ4v) is 2.78. The van der Waals surface area contributed by atoms with Crippen LogP contribution < -0.4 is 5.32 Å². The van der Waals surface area contributed by atoms with Crippen LogP contribution in [0.1, 0.15) is 49.0 Å². The maximum absolute atomic E-state index is 12.9. The molecular formula is C21H24FNO2. The third kappa shape index (κ3) is 6.49. The van der Waals surface area contributed by atoms with Gasteiger partial charge in [0.2, 0.25) is 5.91 Å².